The number of hydrogen-bond acceptors (Lipinski definition) is 1. The number of hydrogen-bond donors (Lipinski definition) is 0. The first-order valence-electron chi connectivity index (χ1n) is 17.5. The van der Waals surface area contributed by atoms with Gasteiger partial charge in [0.25, 0.3) is 0 Å². The van der Waals surface area contributed by atoms with Crippen molar-refractivity contribution in [3.05, 3.63) is 168 Å². The summed E-state index contributed by atoms with van der Waals surface area (Å²) in [6.07, 6.45) is 5.89. The summed E-state index contributed by atoms with van der Waals surface area (Å²) in [5.41, 5.74) is 14.5. The average molecular weight is 627 g/mol. The standard InChI is InChI=1S/C47H34N2/c1-47(2)37-20-10-8-19-35(37)45-43-30(14-12-21-38(43)47)27-42-46(45)44-33-17-7-6-13-29(33)23-25-41(44)49(42)32-24-26-40-36(28-32)34-18-9-11-22-39(34)48(40)31-15-4-3-5-16-31/h3-25,27-28,40H,26H2,1-2H3. The van der Waals surface area contributed by atoms with E-state index in [1.165, 1.54) is 93.8 Å². The monoisotopic (exact) mass is 626 g/mol. The molecule has 1 aliphatic heterocycles. The second kappa shape index (κ2) is 9.61. The molecule has 0 fully saturated rings. The first-order chi connectivity index (χ1) is 24.1. The highest BCUT2D eigenvalue weighted by molar-refractivity contribution is 6.30. The number of allylic oxidation sites excluding steroid dienone is 2. The van der Waals surface area contributed by atoms with Gasteiger partial charge in [-0.25, -0.2) is 0 Å². The number of rotatable bonds is 2. The van der Waals surface area contributed by atoms with Gasteiger partial charge in [0.2, 0.25) is 0 Å². The smallest absolute Gasteiger partial charge is 0.0634 e. The number of benzene rings is 7. The predicted molar refractivity (Wildman–Crippen MR) is 208 cm³/mol. The number of aromatic nitrogens is 1. The number of para-hydroxylation sites is 2. The van der Waals surface area contributed by atoms with Crippen molar-refractivity contribution in [2.75, 3.05) is 4.90 Å². The van der Waals surface area contributed by atoms with Gasteiger partial charge in [-0.2, -0.15) is 0 Å². The third-order valence-corrected chi connectivity index (χ3v) is 11.6. The minimum absolute atomic E-state index is 0.0942. The van der Waals surface area contributed by atoms with Crippen molar-refractivity contribution in [1.82, 2.24) is 4.57 Å². The van der Waals surface area contributed by atoms with Crippen molar-refractivity contribution in [2.45, 2.75) is 31.7 Å². The summed E-state index contributed by atoms with van der Waals surface area (Å²) in [5, 5.41) is 7.98. The molecule has 1 aromatic heterocycles. The van der Waals surface area contributed by atoms with E-state index in [9.17, 15) is 0 Å². The normalized spacial score (nSPS) is 17.3. The van der Waals surface area contributed by atoms with E-state index < -0.39 is 0 Å². The highest BCUT2D eigenvalue weighted by Gasteiger charge is 2.38. The molecule has 2 heteroatoms. The van der Waals surface area contributed by atoms with Gasteiger partial charge in [-0.15, -0.1) is 0 Å². The van der Waals surface area contributed by atoms with E-state index in [0.29, 0.717) is 0 Å². The molecule has 0 saturated heterocycles. The van der Waals surface area contributed by atoms with Crippen molar-refractivity contribution < 1.29 is 0 Å². The van der Waals surface area contributed by atoms with Crippen LogP contribution in [0, 0.1) is 0 Å². The van der Waals surface area contributed by atoms with Gasteiger partial charge < -0.3 is 9.47 Å². The SMILES string of the molecule is CC1(C)c2ccccc2-c2c3c1cccc3cc1c2c2c3ccccc3ccc2n1C1=CCC2C(=C1)c1ccccc1N2c1ccccc1. The third-order valence-electron chi connectivity index (χ3n) is 11.6. The second-order valence-corrected chi connectivity index (χ2v) is 14.4. The summed E-state index contributed by atoms with van der Waals surface area (Å²) in [4.78, 5) is 2.53. The lowest BCUT2D eigenvalue weighted by atomic mass is 9.68. The largest absolute Gasteiger partial charge is 0.333 e. The van der Waals surface area contributed by atoms with Gasteiger partial charge in [-0.3, -0.25) is 0 Å². The lowest BCUT2D eigenvalue weighted by Crippen LogP contribution is -2.27. The first-order valence-corrected chi connectivity index (χ1v) is 17.5. The molecule has 0 saturated carbocycles. The zero-order chi connectivity index (χ0) is 32.4. The van der Waals surface area contributed by atoms with Crippen LogP contribution in [0.2, 0.25) is 0 Å². The Bertz CT molecular complexity index is 2770. The molecule has 11 rings (SSSR count). The Labute approximate surface area is 285 Å². The summed E-state index contributed by atoms with van der Waals surface area (Å²) in [7, 11) is 0. The van der Waals surface area contributed by atoms with E-state index in [0.717, 1.165) is 6.42 Å². The maximum Gasteiger partial charge on any atom is 0.0634 e. The third kappa shape index (κ3) is 3.51. The number of nitrogens with zero attached hydrogens (tertiary/aromatic N) is 2. The molecule has 0 amide bonds. The molecule has 2 aliphatic carbocycles. The molecular formula is C47H34N2. The van der Waals surface area contributed by atoms with Gasteiger partial charge in [0.15, 0.2) is 0 Å². The van der Waals surface area contributed by atoms with Crippen LogP contribution in [-0.2, 0) is 5.41 Å². The minimum atomic E-state index is -0.0942. The van der Waals surface area contributed by atoms with E-state index in [4.69, 9.17) is 0 Å². The van der Waals surface area contributed by atoms with Crippen LogP contribution in [0.4, 0.5) is 11.4 Å². The molecule has 49 heavy (non-hydrogen) atoms. The predicted octanol–water partition coefficient (Wildman–Crippen LogP) is 12.3. The van der Waals surface area contributed by atoms with Gasteiger partial charge in [0.05, 0.1) is 17.1 Å². The average Bonchev–Trinajstić information content (AvgIpc) is 3.66. The van der Waals surface area contributed by atoms with Crippen LogP contribution in [0.1, 0.15) is 37.0 Å². The summed E-state index contributed by atoms with van der Waals surface area (Å²) in [5.74, 6) is 0. The van der Waals surface area contributed by atoms with Crippen LogP contribution in [0.5, 0.6) is 0 Å². The highest BCUT2D eigenvalue weighted by Crippen LogP contribution is 2.54. The van der Waals surface area contributed by atoms with Gasteiger partial charge in [0, 0.05) is 44.4 Å². The number of anilines is 2. The van der Waals surface area contributed by atoms with Crippen molar-refractivity contribution in [3.63, 3.8) is 0 Å². The van der Waals surface area contributed by atoms with Gasteiger partial charge in [-0.1, -0.05) is 129 Å². The van der Waals surface area contributed by atoms with Gasteiger partial charge in [-0.05, 0) is 86.6 Å². The molecule has 232 valence electrons. The Hall–Kier alpha value is -5.86. The van der Waals surface area contributed by atoms with E-state index in [2.05, 4.69) is 175 Å². The fraction of sp³-hybridized carbons (Fsp3) is 0.106. The van der Waals surface area contributed by atoms with E-state index >= 15 is 0 Å². The maximum atomic E-state index is 2.57. The maximum absolute atomic E-state index is 2.57. The molecule has 2 nitrogen and oxygen atoms in total. The van der Waals surface area contributed by atoms with Crippen LogP contribution < -0.4 is 4.90 Å². The molecule has 0 bridgehead atoms. The summed E-state index contributed by atoms with van der Waals surface area (Å²) in [6, 6.07) is 52.2. The summed E-state index contributed by atoms with van der Waals surface area (Å²) < 4.78 is 2.57. The molecule has 0 radical (unpaired) electrons. The molecule has 7 aromatic carbocycles. The molecule has 1 unspecified atom stereocenters. The van der Waals surface area contributed by atoms with Crippen molar-refractivity contribution in [1.29, 1.82) is 0 Å². The van der Waals surface area contributed by atoms with Crippen LogP contribution in [-0.4, -0.2) is 10.6 Å². The minimum Gasteiger partial charge on any atom is -0.333 e. The summed E-state index contributed by atoms with van der Waals surface area (Å²) in [6.45, 7) is 4.78. The van der Waals surface area contributed by atoms with Gasteiger partial charge in [0.1, 0.15) is 0 Å². The van der Waals surface area contributed by atoms with Crippen LogP contribution in [0.3, 0.4) is 0 Å². The van der Waals surface area contributed by atoms with Crippen LogP contribution in [0.15, 0.2) is 152 Å². The lowest BCUT2D eigenvalue weighted by Gasteiger charge is -2.35. The van der Waals surface area contributed by atoms with Crippen molar-refractivity contribution in [2.24, 2.45) is 0 Å². The van der Waals surface area contributed by atoms with E-state index in [-0.39, 0.29) is 11.5 Å². The quantitative estimate of drug-likeness (QED) is 0.185. The molecule has 8 aromatic rings. The molecule has 1 atom stereocenters. The molecular weight excluding hydrogens is 593 g/mol. The van der Waals surface area contributed by atoms with E-state index in [1.807, 2.05) is 0 Å². The Balaban J connectivity index is 1.26. The van der Waals surface area contributed by atoms with Crippen LogP contribution in [0.25, 0.3) is 65.7 Å². The zero-order valence-corrected chi connectivity index (χ0v) is 27.6. The molecule has 2 heterocycles. The first kappa shape index (κ1) is 27.1. The van der Waals surface area contributed by atoms with E-state index in [1.54, 1.807) is 0 Å². The Kier molecular flexibility index (Phi) is 5.32. The molecule has 0 spiro atoms. The Morgan fingerprint density at radius 3 is 2.22 bits per heavy atom. The Morgan fingerprint density at radius 2 is 1.33 bits per heavy atom. The van der Waals surface area contributed by atoms with Crippen molar-refractivity contribution >= 4 is 66.0 Å². The Morgan fingerprint density at radius 1 is 0.592 bits per heavy atom. The van der Waals surface area contributed by atoms with Crippen LogP contribution >= 0.6 is 0 Å². The lowest BCUT2D eigenvalue weighted by molar-refractivity contribution is 0.645. The highest BCUT2D eigenvalue weighted by atomic mass is 15.2. The summed E-state index contributed by atoms with van der Waals surface area (Å²) >= 11 is 0. The number of fused-ring (bicyclic) bond motifs is 11. The second-order valence-electron chi connectivity index (χ2n) is 14.4. The fourth-order valence-electron chi connectivity index (χ4n) is 9.50. The zero-order valence-electron chi connectivity index (χ0n) is 27.6. The fourth-order valence-corrected chi connectivity index (χ4v) is 9.50. The van der Waals surface area contributed by atoms with Crippen molar-refractivity contribution in [3.8, 4) is 11.1 Å². The molecule has 0 N–H and O–H groups in total. The van der Waals surface area contributed by atoms with Gasteiger partial charge >= 0.3 is 0 Å². The topological polar surface area (TPSA) is 8.17 Å². The molecule has 3 aliphatic rings.